The van der Waals surface area contributed by atoms with Crippen molar-refractivity contribution in [3.63, 3.8) is 0 Å². The molecule has 1 rings (SSSR count). The van der Waals surface area contributed by atoms with Gasteiger partial charge in [-0.2, -0.15) is 0 Å². The zero-order valence-corrected chi connectivity index (χ0v) is 5.57. The Kier molecular flexibility index (Phi) is 3.93. The molecule has 1 unspecified atom stereocenters. The molecular weight excluding hydrogens is 154 g/mol. The summed E-state index contributed by atoms with van der Waals surface area (Å²) in [7, 11) is 0. The van der Waals surface area contributed by atoms with Crippen LogP contribution in [0.3, 0.4) is 0 Å². The van der Waals surface area contributed by atoms with E-state index in [9.17, 15) is 9.59 Å². The highest BCUT2D eigenvalue weighted by molar-refractivity contribution is 5.86. The molecule has 0 aromatic heterocycles. The molecule has 1 aliphatic rings. The van der Waals surface area contributed by atoms with Crippen molar-refractivity contribution in [3.05, 3.63) is 0 Å². The lowest BCUT2D eigenvalue weighted by Crippen LogP contribution is -2.33. The number of nitrogens with one attached hydrogen (secondary N) is 2. The molecule has 0 spiro atoms. The van der Waals surface area contributed by atoms with E-state index in [1.165, 1.54) is 0 Å². The van der Waals surface area contributed by atoms with Crippen molar-refractivity contribution in [1.82, 2.24) is 10.6 Å². The molecule has 7 nitrogen and oxygen atoms in total. The SMILES string of the molecule is NO.O=C1NCC(C(=O)O)N1. The molecule has 11 heavy (non-hydrogen) atoms. The second kappa shape index (κ2) is 4.47. The summed E-state index contributed by atoms with van der Waals surface area (Å²) in [5, 5.41) is 19.3. The molecule has 64 valence electrons. The predicted molar refractivity (Wildman–Crippen MR) is 33.9 cm³/mol. The van der Waals surface area contributed by atoms with Crippen molar-refractivity contribution in [1.29, 1.82) is 0 Å². The van der Waals surface area contributed by atoms with Gasteiger partial charge in [0, 0.05) is 0 Å². The molecule has 0 aromatic rings. The van der Waals surface area contributed by atoms with Crippen LogP contribution in [0.2, 0.25) is 0 Å². The minimum atomic E-state index is -1.01. The topological polar surface area (TPSA) is 125 Å². The maximum atomic E-state index is 10.3. The molecule has 0 radical (unpaired) electrons. The highest BCUT2D eigenvalue weighted by Crippen LogP contribution is 1.88. The number of hydrogen-bond donors (Lipinski definition) is 5. The number of rotatable bonds is 1. The molecule has 0 aromatic carbocycles. The summed E-state index contributed by atoms with van der Waals surface area (Å²) in [5.41, 5.74) is 0. The Balaban J connectivity index is 0.000000461. The third kappa shape index (κ3) is 2.83. The van der Waals surface area contributed by atoms with Crippen molar-refractivity contribution in [2.45, 2.75) is 6.04 Å². The molecule has 0 aliphatic carbocycles. The molecule has 1 saturated heterocycles. The summed E-state index contributed by atoms with van der Waals surface area (Å²) >= 11 is 0. The van der Waals surface area contributed by atoms with Gasteiger partial charge in [-0.3, -0.25) is 0 Å². The Morgan fingerprint density at radius 3 is 2.36 bits per heavy atom. The number of aliphatic carboxylic acids is 1. The number of nitrogens with two attached hydrogens (primary N) is 1. The quantitative estimate of drug-likeness (QED) is 0.288. The van der Waals surface area contributed by atoms with Crippen LogP contribution in [0.4, 0.5) is 4.79 Å². The fraction of sp³-hybridized carbons (Fsp3) is 0.500. The Morgan fingerprint density at radius 2 is 2.18 bits per heavy atom. The first-order valence-corrected chi connectivity index (χ1v) is 2.73. The number of hydrogen-bond acceptors (Lipinski definition) is 4. The molecule has 0 saturated carbocycles. The number of carboxylic acid groups (broad SMARTS) is 1. The van der Waals surface area contributed by atoms with Crippen molar-refractivity contribution in [3.8, 4) is 0 Å². The maximum absolute atomic E-state index is 10.3. The fourth-order valence-corrected chi connectivity index (χ4v) is 0.604. The summed E-state index contributed by atoms with van der Waals surface area (Å²) in [5.74, 6) is 2.49. The van der Waals surface area contributed by atoms with Gasteiger partial charge in [-0.05, 0) is 0 Å². The molecule has 1 atom stereocenters. The number of carbonyl (C=O) groups is 2. The normalized spacial score (nSPS) is 20.9. The Bertz CT molecular complexity index is 159. The van der Waals surface area contributed by atoms with Crippen LogP contribution >= 0.6 is 0 Å². The van der Waals surface area contributed by atoms with Gasteiger partial charge < -0.3 is 20.9 Å². The Labute approximate surface area is 62.1 Å². The second-order valence-electron chi connectivity index (χ2n) is 1.75. The molecule has 1 aliphatic heterocycles. The number of carboxylic acids is 1. The largest absolute Gasteiger partial charge is 0.480 e. The molecule has 1 heterocycles. The van der Waals surface area contributed by atoms with Crippen LogP contribution in [0.25, 0.3) is 0 Å². The second-order valence-corrected chi connectivity index (χ2v) is 1.75. The van der Waals surface area contributed by atoms with E-state index < -0.39 is 18.0 Å². The van der Waals surface area contributed by atoms with E-state index in [0.29, 0.717) is 0 Å². The summed E-state index contributed by atoms with van der Waals surface area (Å²) in [6.45, 7) is 0.175. The predicted octanol–water partition coefficient (Wildman–Crippen LogP) is -1.91. The zero-order valence-electron chi connectivity index (χ0n) is 5.57. The average molecular weight is 163 g/mol. The van der Waals surface area contributed by atoms with Crippen LogP contribution in [0.15, 0.2) is 0 Å². The highest BCUT2D eigenvalue weighted by atomic mass is 16.4. The fourth-order valence-electron chi connectivity index (χ4n) is 0.604. The van der Waals surface area contributed by atoms with Gasteiger partial charge in [-0.15, -0.1) is 0 Å². The number of urea groups is 1. The maximum Gasteiger partial charge on any atom is 0.328 e. The zero-order chi connectivity index (χ0) is 8.85. The van der Waals surface area contributed by atoms with E-state index in [1.807, 2.05) is 0 Å². The molecule has 2 amide bonds. The Hall–Kier alpha value is -1.34. The monoisotopic (exact) mass is 163 g/mol. The first-order valence-electron chi connectivity index (χ1n) is 2.73. The van der Waals surface area contributed by atoms with Crippen molar-refractivity contribution in [2.24, 2.45) is 5.90 Å². The van der Waals surface area contributed by atoms with Crippen molar-refractivity contribution < 1.29 is 19.9 Å². The summed E-state index contributed by atoms with van der Waals surface area (Å²) in [6.07, 6.45) is 0. The third-order valence-corrected chi connectivity index (χ3v) is 1.07. The van der Waals surface area contributed by atoms with E-state index in [-0.39, 0.29) is 6.54 Å². The smallest absolute Gasteiger partial charge is 0.328 e. The van der Waals surface area contributed by atoms with Crippen molar-refractivity contribution in [2.75, 3.05) is 6.54 Å². The van der Waals surface area contributed by atoms with Crippen LogP contribution in [-0.4, -0.2) is 34.9 Å². The lowest BCUT2D eigenvalue weighted by Gasteiger charge is -1.97. The van der Waals surface area contributed by atoms with Crippen LogP contribution in [0.5, 0.6) is 0 Å². The van der Waals surface area contributed by atoms with Gasteiger partial charge in [0.15, 0.2) is 0 Å². The van der Waals surface area contributed by atoms with Gasteiger partial charge >= 0.3 is 12.0 Å². The van der Waals surface area contributed by atoms with E-state index >= 15 is 0 Å². The minimum absolute atomic E-state index is 0.175. The van der Waals surface area contributed by atoms with Gasteiger partial charge in [0.2, 0.25) is 0 Å². The lowest BCUT2D eigenvalue weighted by atomic mass is 10.3. The lowest BCUT2D eigenvalue weighted by molar-refractivity contribution is -0.138. The van der Waals surface area contributed by atoms with Crippen LogP contribution in [0, 0.1) is 0 Å². The number of amides is 2. The minimum Gasteiger partial charge on any atom is -0.480 e. The summed E-state index contributed by atoms with van der Waals surface area (Å²) in [4.78, 5) is 20.4. The third-order valence-electron chi connectivity index (χ3n) is 1.07. The van der Waals surface area contributed by atoms with Gasteiger partial charge in [0.05, 0.1) is 6.54 Å². The average Bonchev–Trinajstić information content (AvgIpc) is 2.40. The van der Waals surface area contributed by atoms with Crippen LogP contribution in [0.1, 0.15) is 0 Å². The first-order chi connectivity index (χ1) is 5.20. The van der Waals surface area contributed by atoms with Crippen LogP contribution < -0.4 is 16.5 Å². The van der Waals surface area contributed by atoms with Gasteiger partial charge in [0.25, 0.3) is 0 Å². The first kappa shape index (κ1) is 9.66. The van der Waals surface area contributed by atoms with Gasteiger partial charge in [0.1, 0.15) is 6.04 Å². The summed E-state index contributed by atoms with van der Waals surface area (Å²) in [6, 6.07) is -1.17. The molecular formula is C4H9N3O4. The standard InChI is InChI=1S/C4H6N2O3.H3NO/c7-3(8)2-1-5-4(9)6-2;1-2/h2H,1H2,(H,7,8)(H2,5,6,9);2H,1H2. The highest BCUT2D eigenvalue weighted by Gasteiger charge is 2.25. The summed E-state index contributed by atoms with van der Waals surface area (Å²) < 4.78 is 0. The molecule has 6 N–H and O–H groups in total. The molecule has 0 bridgehead atoms. The van der Waals surface area contributed by atoms with E-state index in [2.05, 4.69) is 16.5 Å². The van der Waals surface area contributed by atoms with E-state index in [1.54, 1.807) is 0 Å². The van der Waals surface area contributed by atoms with Crippen molar-refractivity contribution >= 4 is 12.0 Å². The molecule has 1 fully saturated rings. The van der Waals surface area contributed by atoms with E-state index in [4.69, 9.17) is 10.3 Å². The van der Waals surface area contributed by atoms with E-state index in [0.717, 1.165) is 0 Å². The number of carbonyl (C=O) groups excluding carboxylic acids is 1. The van der Waals surface area contributed by atoms with Gasteiger partial charge in [-0.1, -0.05) is 0 Å². The molecule has 7 heteroatoms. The van der Waals surface area contributed by atoms with Crippen LogP contribution in [-0.2, 0) is 4.79 Å². The van der Waals surface area contributed by atoms with Gasteiger partial charge in [-0.25, -0.2) is 15.5 Å². The Morgan fingerprint density at radius 1 is 1.64 bits per heavy atom.